The topological polar surface area (TPSA) is 9.23 Å². The molecule has 0 amide bonds. The summed E-state index contributed by atoms with van der Waals surface area (Å²) >= 11 is 4.30. The summed E-state index contributed by atoms with van der Waals surface area (Å²) in [6.45, 7) is 1.63. The molecule has 0 spiro atoms. The molecule has 1 aromatic carbocycles. The molecule has 0 aromatic heterocycles. The monoisotopic (exact) mass is 180 g/mol. The normalized spacial score (nSPS) is 15.8. The van der Waals surface area contributed by atoms with Crippen LogP contribution in [0.5, 0.6) is 0 Å². The van der Waals surface area contributed by atoms with Crippen molar-refractivity contribution in [1.82, 2.24) is 0 Å². The van der Waals surface area contributed by atoms with Crippen molar-refractivity contribution < 1.29 is 4.74 Å². The molecule has 1 aliphatic heterocycles. The van der Waals surface area contributed by atoms with Gasteiger partial charge in [0.05, 0.1) is 13.2 Å². The van der Waals surface area contributed by atoms with Gasteiger partial charge in [-0.1, -0.05) is 18.2 Å². The molecule has 1 aliphatic rings. The molecule has 2 rings (SSSR count). The van der Waals surface area contributed by atoms with Gasteiger partial charge in [0.1, 0.15) is 0 Å². The number of rotatable bonds is 1. The van der Waals surface area contributed by atoms with Crippen LogP contribution < -0.4 is 0 Å². The lowest BCUT2D eigenvalue weighted by atomic mass is 9.98. The second kappa shape index (κ2) is 3.50. The molecule has 2 heteroatoms. The lowest BCUT2D eigenvalue weighted by Crippen LogP contribution is -2.11. The van der Waals surface area contributed by atoms with Crippen LogP contribution >= 0.6 is 12.6 Å². The Hall–Kier alpha value is -0.470. The van der Waals surface area contributed by atoms with Crippen molar-refractivity contribution in [3.8, 4) is 0 Å². The number of benzene rings is 1. The fourth-order valence-electron chi connectivity index (χ4n) is 1.65. The minimum Gasteiger partial charge on any atom is -0.376 e. The van der Waals surface area contributed by atoms with Gasteiger partial charge in [0, 0.05) is 5.75 Å². The van der Waals surface area contributed by atoms with Gasteiger partial charge in [0.2, 0.25) is 0 Å². The average molecular weight is 180 g/mol. The summed E-state index contributed by atoms with van der Waals surface area (Å²) in [7, 11) is 0. The van der Waals surface area contributed by atoms with Gasteiger partial charge in [-0.2, -0.15) is 12.6 Å². The lowest BCUT2D eigenvalue weighted by Gasteiger charge is -2.18. The average Bonchev–Trinajstić information content (AvgIpc) is 2.17. The zero-order chi connectivity index (χ0) is 8.39. The molecule has 1 heterocycles. The number of fused-ring (bicyclic) bond motifs is 1. The molecule has 0 aliphatic carbocycles. The Balaban J connectivity index is 2.44. The summed E-state index contributed by atoms with van der Waals surface area (Å²) in [5.41, 5.74) is 4.16. The van der Waals surface area contributed by atoms with E-state index in [1.54, 1.807) is 0 Å². The molecule has 1 nitrogen and oxygen atoms in total. The SMILES string of the molecule is SCc1cccc2c1CCOC2. The Labute approximate surface area is 78.2 Å². The maximum absolute atomic E-state index is 5.37. The van der Waals surface area contributed by atoms with Gasteiger partial charge in [-0.05, 0) is 23.1 Å². The third kappa shape index (κ3) is 1.37. The Kier molecular flexibility index (Phi) is 2.38. The summed E-state index contributed by atoms with van der Waals surface area (Å²) in [4.78, 5) is 0. The summed E-state index contributed by atoms with van der Waals surface area (Å²) in [6.07, 6.45) is 1.05. The predicted octanol–water partition coefficient (Wildman–Crippen LogP) is 2.19. The summed E-state index contributed by atoms with van der Waals surface area (Å²) in [5, 5.41) is 0. The van der Waals surface area contributed by atoms with Crippen LogP contribution in [-0.2, 0) is 23.5 Å². The summed E-state index contributed by atoms with van der Waals surface area (Å²) in [6, 6.07) is 6.37. The van der Waals surface area contributed by atoms with Gasteiger partial charge in [0.25, 0.3) is 0 Å². The minimum absolute atomic E-state index is 0.775. The van der Waals surface area contributed by atoms with E-state index in [4.69, 9.17) is 4.74 Å². The summed E-state index contributed by atoms with van der Waals surface area (Å²) in [5.74, 6) is 0.836. The van der Waals surface area contributed by atoms with Gasteiger partial charge in [-0.3, -0.25) is 0 Å². The van der Waals surface area contributed by atoms with Crippen molar-refractivity contribution in [1.29, 1.82) is 0 Å². The van der Waals surface area contributed by atoms with Crippen LogP contribution in [0.3, 0.4) is 0 Å². The summed E-state index contributed by atoms with van der Waals surface area (Å²) < 4.78 is 5.37. The molecule has 12 heavy (non-hydrogen) atoms. The standard InChI is InChI=1S/C10H12OS/c12-7-9-3-1-2-8-6-11-5-4-10(8)9/h1-3,12H,4-7H2. The van der Waals surface area contributed by atoms with Crippen LogP contribution in [0.1, 0.15) is 16.7 Å². The molecule has 0 bridgehead atoms. The molecule has 1 aromatic rings. The number of thiol groups is 1. The highest BCUT2D eigenvalue weighted by molar-refractivity contribution is 7.79. The van der Waals surface area contributed by atoms with Crippen LogP contribution in [0.25, 0.3) is 0 Å². The Morgan fingerprint density at radius 1 is 1.42 bits per heavy atom. The first-order chi connectivity index (χ1) is 5.92. The second-order valence-corrected chi connectivity index (χ2v) is 3.33. The number of ether oxygens (including phenoxy) is 1. The van der Waals surface area contributed by atoms with Gasteiger partial charge >= 0.3 is 0 Å². The number of hydrogen-bond donors (Lipinski definition) is 1. The minimum atomic E-state index is 0.775. The van der Waals surface area contributed by atoms with Crippen LogP contribution in [0.4, 0.5) is 0 Å². The highest BCUT2D eigenvalue weighted by Gasteiger charge is 2.11. The first-order valence-electron chi connectivity index (χ1n) is 4.20. The van der Waals surface area contributed by atoms with Crippen molar-refractivity contribution in [2.75, 3.05) is 6.61 Å². The molecule has 0 atom stereocenters. The third-order valence-electron chi connectivity index (χ3n) is 2.29. The van der Waals surface area contributed by atoms with E-state index in [2.05, 4.69) is 30.8 Å². The maximum atomic E-state index is 5.37. The molecule has 0 radical (unpaired) electrons. The van der Waals surface area contributed by atoms with E-state index >= 15 is 0 Å². The van der Waals surface area contributed by atoms with Crippen molar-refractivity contribution >= 4 is 12.6 Å². The quantitative estimate of drug-likeness (QED) is 0.652. The molecule has 0 unspecified atom stereocenters. The fourth-order valence-corrected chi connectivity index (χ4v) is 1.94. The van der Waals surface area contributed by atoms with Crippen LogP contribution in [0.2, 0.25) is 0 Å². The smallest absolute Gasteiger partial charge is 0.0719 e. The largest absolute Gasteiger partial charge is 0.376 e. The van der Waals surface area contributed by atoms with Gasteiger partial charge in [-0.15, -0.1) is 0 Å². The van der Waals surface area contributed by atoms with Crippen molar-refractivity contribution in [3.05, 3.63) is 34.9 Å². The van der Waals surface area contributed by atoms with Crippen LogP contribution in [0, 0.1) is 0 Å². The van der Waals surface area contributed by atoms with Crippen LogP contribution in [0.15, 0.2) is 18.2 Å². The van der Waals surface area contributed by atoms with Gasteiger partial charge in [0.15, 0.2) is 0 Å². The van der Waals surface area contributed by atoms with E-state index in [0.717, 1.165) is 25.4 Å². The molecule has 0 fully saturated rings. The molecule has 0 saturated carbocycles. The van der Waals surface area contributed by atoms with E-state index in [-0.39, 0.29) is 0 Å². The molecule has 0 N–H and O–H groups in total. The molecular weight excluding hydrogens is 168 g/mol. The van der Waals surface area contributed by atoms with E-state index < -0.39 is 0 Å². The van der Waals surface area contributed by atoms with E-state index in [1.807, 2.05) is 0 Å². The first kappa shape index (κ1) is 8.14. The molecule has 64 valence electrons. The lowest BCUT2D eigenvalue weighted by molar-refractivity contribution is 0.110. The van der Waals surface area contributed by atoms with E-state index in [1.165, 1.54) is 16.7 Å². The van der Waals surface area contributed by atoms with Gasteiger partial charge in [-0.25, -0.2) is 0 Å². The Morgan fingerprint density at radius 3 is 3.17 bits per heavy atom. The maximum Gasteiger partial charge on any atom is 0.0719 e. The van der Waals surface area contributed by atoms with E-state index in [0.29, 0.717) is 0 Å². The van der Waals surface area contributed by atoms with Gasteiger partial charge < -0.3 is 4.74 Å². The Morgan fingerprint density at radius 2 is 2.33 bits per heavy atom. The Bertz CT molecular complexity index is 269. The molecular formula is C10H12OS. The van der Waals surface area contributed by atoms with Crippen molar-refractivity contribution in [3.63, 3.8) is 0 Å². The fraction of sp³-hybridized carbons (Fsp3) is 0.400. The zero-order valence-electron chi connectivity index (χ0n) is 6.92. The van der Waals surface area contributed by atoms with Crippen molar-refractivity contribution in [2.45, 2.75) is 18.8 Å². The zero-order valence-corrected chi connectivity index (χ0v) is 7.81. The van der Waals surface area contributed by atoms with Crippen molar-refractivity contribution in [2.24, 2.45) is 0 Å². The highest BCUT2D eigenvalue weighted by Crippen LogP contribution is 2.21. The highest BCUT2D eigenvalue weighted by atomic mass is 32.1. The predicted molar refractivity (Wildman–Crippen MR) is 52.5 cm³/mol. The second-order valence-electron chi connectivity index (χ2n) is 3.02. The number of hydrogen-bond acceptors (Lipinski definition) is 2. The first-order valence-corrected chi connectivity index (χ1v) is 4.83. The third-order valence-corrected chi connectivity index (χ3v) is 2.64. The van der Waals surface area contributed by atoms with Crippen LogP contribution in [-0.4, -0.2) is 6.61 Å². The van der Waals surface area contributed by atoms with E-state index in [9.17, 15) is 0 Å². The molecule has 0 saturated heterocycles.